The van der Waals surface area contributed by atoms with E-state index in [9.17, 15) is 4.79 Å². The van der Waals surface area contributed by atoms with Gasteiger partial charge in [-0.15, -0.1) is 11.8 Å². The first-order valence-corrected chi connectivity index (χ1v) is 8.19. The molecule has 2 rings (SSSR count). The quantitative estimate of drug-likeness (QED) is 0.770. The number of nitrogens with two attached hydrogens (primary N) is 2. The first kappa shape index (κ1) is 16.0. The lowest BCUT2D eigenvalue weighted by molar-refractivity contribution is -0.123. The van der Waals surface area contributed by atoms with E-state index in [-0.39, 0.29) is 0 Å². The van der Waals surface area contributed by atoms with Crippen LogP contribution in [0.1, 0.15) is 12.0 Å². The number of hydrogen-bond acceptors (Lipinski definition) is 4. The summed E-state index contributed by atoms with van der Waals surface area (Å²) >= 11 is 4.89. The molecule has 0 aliphatic rings. The third-order valence-corrected chi connectivity index (χ3v) is 4.59. The Kier molecular flexibility index (Phi) is 5.39. The Labute approximate surface area is 136 Å². The highest BCUT2D eigenvalue weighted by atomic mass is 79.9. The van der Waals surface area contributed by atoms with E-state index in [1.165, 1.54) is 0 Å². The van der Waals surface area contributed by atoms with Crippen molar-refractivity contribution in [2.75, 3.05) is 5.75 Å². The minimum absolute atomic E-state index is 0.453. The molecule has 4 N–H and O–H groups in total. The Hall–Kier alpha value is -1.37. The fourth-order valence-electron chi connectivity index (χ4n) is 1.91. The lowest BCUT2D eigenvalue weighted by Gasteiger charge is -2.26. The van der Waals surface area contributed by atoms with Crippen LogP contribution in [0, 0.1) is 0 Å². The predicted octanol–water partition coefficient (Wildman–Crippen LogP) is 2.67. The van der Waals surface area contributed by atoms with Gasteiger partial charge in [-0.25, -0.2) is 4.98 Å². The number of aromatic nitrogens is 1. The predicted molar refractivity (Wildman–Crippen MR) is 88.8 cm³/mol. The van der Waals surface area contributed by atoms with E-state index in [2.05, 4.69) is 20.9 Å². The van der Waals surface area contributed by atoms with Crippen molar-refractivity contribution in [3.63, 3.8) is 0 Å². The Bertz CT molecular complexity index is 606. The first-order valence-electron chi connectivity index (χ1n) is 6.41. The van der Waals surface area contributed by atoms with Crippen molar-refractivity contribution < 1.29 is 4.79 Å². The average molecular weight is 366 g/mol. The molecule has 0 spiro atoms. The number of carbonyl (C=O) groups is 1. The molecule has 0 radical (unpaired) electrons. The summed E-state index contributed by atoms with van der Waals surface area (Å²) in [7, 11) is 0. The molecule has 1 unspecified atom stereocenters. The van der Waals surface area contributed by atoms with Gasteiger partial charge in [0.1, 0.15) is 5.54 Å². The average Bonchev–Trinajstić information content (AvgIpc) is 2.50. The summed E-state index contributed by atoms with van der Waals surface area (Å²) < 4.78 is 0.932. The van der Waals surface area contributed by atoms with Crippen LogP contribution in [-0.4, -0.2) is 16.6 Å². The minimum atomic E-state index is -1.15. The molecule has 0 aliphatic heterocycles. The normalized spacial score (nSPS) is 13.6. The van der Waals surface area contributed by atoms with Crippen LogP contribution in [0.25, 0.3) is 0 Å². The van der Waals surface area contributed by atoms with Crippen molar-refractivity contribution in [1.29, 1.82) is 0 Å². The Morgan fingerprint density at radius 1 is 1.24 bits per heavy atom. The van der Waals surface area contributed by atoms with E-state index in [0.29, 0.717) is 12.2 Å². The number of hydrogen-bond donors (Lipinski definition) is 2. The highest BCUT2D eigenvalue weighted by Gasteiger charge is 2.33. The second kappa shape index (κ2) is 7.06. The molecule has 4 nitrogen and oxygen atoms in total. The van der Waals surface area contributed by atoms with Crippen molar-refractivity contribution in [3.8, 4) is 0 Å². The maximum atomic E-state index is 11.8. The van der Waals surface area contributed by atoms with Gasteiger partial charge >= 0.3 is 0 Å². The summed E-state index contributed by atoms with van der Waals surface area (Å²) in [5.74, 6) is 0.140. The standard InChI is InChI=1S/C15H16BrN3OS/c16-12-6-7-13(19-10-12)21-9-8-15(18,14(17)20)11-4-2-1-3-5-11/h1-7,10H,8-9,18H2,(H2,17,20). The van der Waals surface area contributed by atoms with Gasteiger partial charge in [-0.2, -0.15) is 0 Å². The molecule has 2 aromatic rings. The Morgan fingerprint density at radius 2 is 1.95 bits per heavy atom. The summed E-state index contributed by atoms with van der Waals surface area (Å²) in [6, 6.07) is 13.1. The molecule has 0 aliphatic carbocycles. The lowest BCUT2D eigenvalue weighted by atomic mass is 9.88. The van der Waals surface area contributed by atoms with Gasteiger partial charge in [0.2, 0.25) is 5.91 Å². The number of carbonyl (C=O) groups excluding carboxylic acids is 1. The van der Waals surface area contributed by atoms with Crippen LogP contribution in [0.5, 0.6) is 0 Å². The Morgan fingerprint density at radius 3 is 2.52 bits per heavy atom. The molecule has 1 heterocycles. The van der Waals surface area contributed by atoms with Crippen molar-refractivity contribution in [2.24, 2.45) is 11.5 Å². The number of halogens is 1. The van der Waals surface area contributed by atoms with Crippen LogP contribution in [0.3, 0.4) is 0 Å². The molecule has 1 aromatic carbocycles. The number of benzene rings is 1. The lowest BCUT2D eigenvalue weighted by Crippen LogP contribution is -2.49. The van der Waals surface area contributed by atoms with Crippen molar-refractivity contribution in [1.82, 2.24) is 4.98 Å². The molecular formula is C15H16BrN3OS. The monoisotopic (exact) mass is 365 g/mol. The molecule has 0 saturated heterocycles. The van der Waals surface area contributed by atoms with Crippen LogP contribution < -0.4 is 11.5 Å². The molecule has 110 valence electrons. The van der Waals surface area contributed by atoms with Gasteiger partial charge in [-0.1, -0.05) is 30.3 Å². The number of thioether (sulfide) groups is 1. The minimum Gasteiger partial charge on any atom is -0.368 e. The molecule has 21 heavy (non-hydrogen) atoms. The van der Waals surface area contributed by atoms with Gasteiger partial charge in [0, 0.05) is 16.4 Å². The number of primary amides is 1. The van der Waals surface area contributed by atoms with Gasteiger partial charge in [0.05, 0.1) is 5.03 Å². The number of amides is 1. The van der Waals surface area contributed by atoms with Crippen molar-refractivity contribution >= 4 is 33.6 Å². The summed E-state index contributed by atoms with van der Waals surface area (Å²) in [6.45, 7) is 0. The fraction of sp³-hybridized carbons (Fsp3) is 0.200. The topological polar surface area (TPSA) is 82.0 Å². The third kappa shape index (κ3) is 4.06. The SMILES string of the molecule is NC(=O)C(N)(CCSc1ccc(Br)cn1)c1ccccc1. The zero-order valence-corrected chi connectivity index (χ0v) is 13.7. The summed E-state index contributed by atoms with van der Waals surface area (Å²) in [5, 5.41) is 0.887. The van der Waals surface area contributed by atoms with E-state index >= 15 is 0 Å². The highest BCUT2D eigenvalue weighted by molar-refractivity contribution is 9.10. The van der Waals surface area contributed by atoms with Crippen LogP contribution in [0.2, 0.25) is 0 Å². The van der Waals surface area contributed by atoms with Crippen LogP contribution >= 0.6 is 27.7 Å². The Balaban J connectivity index is 2.04. The summed E-state index contributed by atoms with van der Waals surface area (Å²) in [4.78, 5) is 16.0. The maximum absolute atomic E-state index is 11.8. The summed E-state index contributed by atoms with van der Waals surface area (Å²) in [6.07, 6.45) is 2.19. The molecular weight excluding hydrogens is 350 g/mol. The second-order valence-electron chi connectivity index (χ2n) is 4.61. The third-order valence-electron chi connectivity index (χ3n) is 3.18. The molecule has 0 bridgehead atoms. The van der Waals surface area contributed by atoms with Crippen LogP contribution in [-0.2, 0) is 10.3 Å². The fourth-order valence-corrected chi connectivity index (χ4v) is 3.07. The van der Waals surface area contributed by atoms with Gasteiger partial charge < -0.3 is 11.5 Å². The van der Waals surface area contributed by atoms with Crippen molar-refractivity contribution in [3.05, 3.63) is 58.7 Å². The molecule has 0 fully saturated rings. The highest BCUT2D eigenvalue weighted by Crippen LogP contribution is 2.26. The number of rotatable bonds is 6. The number of pyridine rings is 1. The zero-order valence-electron chi connectivity index (χ0n) is 11.3. The van der Waals surface area contributed by atoms with Gasteiger partial charge in [-0.3, -0.25) is 4.79 Å². The van der Waals surface area contributed by atoms with Crippen LogP contribution in [0.15, 0.2) is 58.2 Å². The maximum Gasteiger partial charge on any atom is 0.242 e. The van der Waals surface area contributed by atoms with Crippen LogP contribution in [0.4, 0.5) is 0 Å². The van der Waals surface area contributed by atoms with E-state index in [1.54, 1.807) is 18.0 Å². The zero-order chi connectivity index (χ0) is 15.3. The molecule has 0 saturated carbocycles. The van der Waals surface area contributed by atoms with E-state index in [4.69, 9.17) is 11.5 Å². The largest absolute Gasteiger partial charge is 0.368 e. The molecule has 1 amide bonds. The van der Waals surface area contributed by atoms with Gasteiger partial charge in [0.15, 0.2) is 0 Å². The molecule has 1 atom stereocenters. The van der Waals surface area contributed by atoms with E-state index < -0.39 is 11.4 Å². The second-order valence-corrected chi connectivity index (χ2v) is 6.65. The first-order chi connectivity index (χ1) is 10.0. The number of nitrogens with zero attached hydrogens (tertiary/aromatic N) is 1. The van der Waals surface area contributed by atoms with Gasteiger partial charge in [0.25, 0.3) is 0 Å². The molecule has 6 heteroatoms. The molecule has 1 aromatic heterocycles. The summed E-state index contributed by atoms with van der Waals surface area (Å²) in [5.41, 5.74) is 11.3. The van der Waals surface area contributed by atoms with Crippen molar-refractivity contribution in [2.45, 2.75) is 17.0 Å². The van der Waals surface area contributed by atoms with E-state index in [0.717, 1.165) is 15.1 Å². The van der Waals surface area contributed by atoms with E-state index in [1.807, 2.05) is 42.5 Å². The van der Waals surface area contributed by atoms with Gasteiger partial charge in [-0.05, 0) is 40.0 Å². The smallest absolute Gasteiger partial charge is 0.242 e.